The van der Waals surface area contributed by atoms with E-state index in [0.29, 0.717) is 18.9 Å². The average Bonchev–Trinajstić information content (AvgIpc) is 2.45. The van der Waals surface area contributed by atoms with Gasteiger partial charge in [-0.15, -0.1) is 0 Å². The molecular formula is C16H31N3O2. The Labute approximate surface area is 128 Å². The minimum Gasteiger partial charge on any atom is -0.347 e. The standard InChI is InChI=1S/C16H31N3O2/c1-12(2)10-13(14(20)19(3)4)18-15(21)16(11-17)8-6-5-7-9-16/h12-13H,5-11,17H2,1-4H3,(H,18,21). The van der Waals surface area contributed by atoms with E-state index in [-0.39, 0.29) is 11.8 Å². The molecular weight excluding hydrogens is 266 g/mol. The van der Waals surface area contributed by atoms with Crippen molar-refractivity contribution >= 4 is 11.8 Å². The highest BCUT2D eigenvalue weighted by molar-refractivity contribution is 5.90. The first-order valence-corrected chi connectivity index (χ1v) is 8.04. The number of likely N-dealkylation sites (N-methyl/N-ethyl adjacent to an activating group) is 1. The van der Waals surface area contributed by atoms with Crippen molar-refractivity contribution in [1.82, 2.24) is 10.2 Å². The summed E-state index contributed by atoms with van der Waals surface area (Å²) in [5, 5.41) is 2.98. The lowest BCUT2D eigenvalue weighted by Crippen LogP contribution is -2.54. The minimum atomic E-state index is -0.472. The van der Waals surface area contributed by atoms with Gasteiger partial charge in [0.15, 0.2) is 0 Å². The molecule has 2 amide bonds. The number of carbonyl (C=O) groups is 2. The van der Waals surface area contributed by atoms with Gasteiger partial charge in [0, 0.05) is 20.6 Å². The largest absolute Gasteiger partial charge is 0.347 e. The molecule has 0 spiro atoms. The van der Waals surface area contributed by atoms with Crippen LogP contribution in [0.25, 0.3) is 0 Å². The van der Waals surface area contributed by atoms with E-state index in [1.807, 2.05) is 0 Å². The molecule has 0 radical (unpaired) electrons. The Hall–Kier alpha value is -1.10. The van der Waals surface area contributed by atoms with Gasteiger partial charge in [-0.05, 0) is 25.2 Å². The zero-order valence-corrected chi connectivity index (χ0v) is 13.9. The Balaban J connectivity index is 2.80. The van der Waals surface area contributed by atoms with E-state index >= 15 is 0 Å². The predicted octanol–water partition coefficient (Wildman–Crippen LogP) is 1.51. The van der Waals surface area contributed by atoms with E-state index in [0.717, 1.165) is 25.7 Å². The summed E-state index contributed by atoms with van der Waals surface area (Å²) in [6.07, 6.45) is 5.58. The number of amides is 2. The molecule has 1 atom stereocenters. The lowest BCUT2D eigenvalue weighted by atomic mass is 9.73. The molecule has 0 aromatic rings. The van der Waals surface area contributed by atoms with Crippen molar-refractivity contribution in [2.75, 3.05) is 20.6 Å². The lowest BCUT2D eigenvalue weighted by Gasteiger charge is -2.36. The fraction of sp³-hybridized carbons (Fsp3) is 0.875. The van der Waals surface area contributed by atoms with Crippen LogP contribution in [0.5, 0.6) is 0 Å². The van der Waals surface area contributed by atoms with Gasteiger partial charge in [-0.3, -0.25) is 9.59 Å². The maximum absolute atomic E-state index is 12.7. The number of nitrogens with zero attached hydrogens (tertiary/aromatic N) is 1. The van der Waals surface area contributed by atoms with Gasteiger partial charge in [-0.2, -0.15) is 0 Å². The van der Waals surface area contributed by atoms with Gasteiger partial charge in [0.25, 0.3) is 0 Å². The molecule has 5 heteroatoms. The molecule has 0 bridgehead atoms. The molecule has 0 aliphatic heterocycles. The zero-order valence-electron chi connectivity index (χ0n) is 13.9. The molecule has 21 heavy (non-hydrogen) atoms. The van der Waals surface area contributed by atoms with Crippen LogP contribution in [0.3, 0.4) is 0 Å². The summed E-state index contributed by atoms with van der Waals surface area (Å²) in [7, 11) is 3.45. The van der Waals surface area contributed by atoms with Crippen LogP contribution in [0.4, 0.5) is 0 Å². The molecule has 1 unspecified atom stereocenters. The molecule has 0 aromatic heterocycles. The number of carbonyl (C=O) groups excluding carboxylic acids is 2. The van der Waals surface area contributed by atoms with Crippen LogP contribution in [0.2, 0.25) is 0 Å². The average molecular weight is 297 g/mol. The summed E-state index contributed by atoms with van der Waals surface area (Å²) < 4.78 is 0. The van der Waals surface area contributed by atoms with Crippen LogP contribution in [0.15, 0.2) is 0 Å². The summed E-state index contributed by atoms with van der Waals surface area (Å²) in [6.45, 7) is 4.48. The van der Waals surface area contributed by atoms with Gasteiger partial charge in [0.1, 0.15) is 6.04 Å². The zero-order chi connectivity index (χ0) is 16.0. The van der Waals surface area contributed by atoms with Gasteiger partial charge in [-0.25, -0.2) is 0 Å². The highest BCUT2D eigenvalue weighted by Gasteiger charge is 2.39. The van der Waals surface area contributed by atoms with Crippen molar-refractivity contribution in [3.05, 3.63) is 0 Å². The third-order valence-corrected chi connectivity index (χ3v) is 4.43. The monoisotopic (exact) mass is 297 g/mol. The Kier molecular flexibility index (Phi) is 6.65. The normalized spacial score (nSPS) is 19.1. The van der Waals surface area contributed by atoms with E-state index in [1.54, 1.807) is 19.0 Å². The maximum Gasteiger partial charge on any atom is 0.244 e. The molecule has 5 nitrogen and oxygen atoms in total. The highest BCUT2D eigenvalue weighted by atomic mass is 16.2. The summed E-state index contributed by atoms with van der Waals surface area (Å²) in [6, 6.07) is -0.446. The molecule has 3 N–H and O–H groups in total. The molecule has 1 aliphatic carbocycles. The highest BCUT2D eigenvalue weighted by Crippen LogP contribution is 2.35. The fourth-order valence-corrected chi connectivity index (χ4v) is 3.07. The second-order valence-electron chi connectivity index (χ2n) is 6.93. The number of rotatable bonds is 6. The third kappa shape index (κ3) is 4.70. The number of nitrogens with one attached hydrogen (secondary N) is 1. The molecule has 1 fully saturated rings. The van der Waals surface area contributed by atoms with Crippen molar-refractivity contribution in [1.29, 1.82) is 0 Å². The molecule has 0 saturated heterocycles. The third-order valence-electron chi connectivity index (χ3n) is 4.43. The van der Waals surface area contributed by atoms with Crippen molar-refractivity contribution in [3.63, 3.8) is 0 Å². The number of hydrogen-bond acceptors (Lipinski definition) is 3. The number of hydrogen-bond donors (Lipinski definition) is 2. The second kappa shape index (κ2) is 7.78. The first kappa shape index (κ1) is 18.0. The van der Waals surface area contributed by atoms with Crippen LogP contribution in [0, 0.1) is 11.3 Å². The van der Waals surface area contributed by atoms with Crippen LogP contribution < -0.4 is 11.1 Å². The summed E-state index contributed by atoms with van der Waals surface area (Å²) >= 11 is 0. The summed E-state index contributed by atoms with van der Waals surface area (Å²) in [5.41, 5.74) is 5.42. The minimum absolute atomic E-state index is 0.0365. The summed E-state index contributed by atoms with van der Waals surface area (Å²) in [5.74, 6) is 0.268. The van der Waals surface area contributed by atoms with Crippen LogP contribution in [-0.4, -0.2) is 43.4 Å². The SMILES string of the molecule is CC(C)CC(NC(=O)C1(CN)CCCCC1)C(=O)N(C)C. The van der Waals surface area contributed by atoms with Crippen molar-refractivity contribution in [2.45, 2.75) is 58.4 Å². The first-order valence-electron chi connectivity index (χ1n) is 8.04. The van der Waals surface area contributed by atoms with Gasteiger partial charge in [-0.1, -0.05) is 33.1 Å². The Morgan fingerprint density at radius 2 is 1.76 bits per heavy atom. The summed E-state index contributed by atoms with van der Waals surface area (Å²) in [4.78, 5) is 26.5. The van der Waals surface area contributed by atoms with Gasteiger partial charge < -0.3 is 16.0 Å². The quantitative estimate of drug-likeness (QED) is 0.780. The van der Waals surface area contributed by atoms with Crippen molar-refractivity contribution in [3.8, 4) is 0 Å². The Bertz CT molecular complexity index is 361. The lowest BCUT2D eigenvalue weighted by molar-refractivity contribution is -0.139. The first-order chi connectivity index (χ1) is 9.82. The number of nitrogens with two attached hydrogens (primary N) is 1. The van der Waals surface area contributed by atoms with E-state index < -0.39 is 11.5 Å². The van der Waals surface area contributed by atoms with Crippen molar-refractivity contribution in [2.24, 2.45) is 17.1 Å². The Morgan fingerprint density at radius 1 is 1.19 bits per heavy atom. The van der Waals surface area contributed by atoms with Crippen molar-refractivity contribution < 1.29 is 9.59 Å². The van der Waals surface area contributed by atoms with E-state index in [9.17, 15) is 9.59 Å². The fourth-order valence-electron chi connectivity index (χ4n) is 3.07. The molecule has 122 valence electrons. The molecule has 1 saturated carbocycles. The topological polar surface area (TPSA) is 75.4 Å². The molecule has 1 aliphatic rings. The smallest absolute Gasteiger partial charge is 0.244 e. The van der Waals surface area contributed by atoms with E-state index in [2.05, 4.69) is 19.2 Å². The van der Waals surface area contributed by atoms with Gasteiger partial charge in [0.2, 0.25) is 11.8 Å². The van der Waals surface area contributed by atoms with Gasteiger partial charge in [0.05, 0.1) is 5.41 Å². The van der Waals surface area contributed by atoms with E-state index in [4.69, 9.17) is 5.73 Å². The second-order valence-corrected chi connectivity index (χ2v) is 6.93. The molecule has 0 heterocycles. The maximum atomic E-state index is 12.7. The van der Waals surface area contributed by atoms with Crippen LogP contribution in [0.1, 0.15) is 52.4 Å². The van der Waals surface area contributed by atoms with E-state index in [1.165, 1.54) is 6.42 Å². The molecule has 1 rings (SSSR count). The van der Waals surface area contributed by atoms with Crippen LogP contribution in [-0.2, 0) is 9.59 Å². The predicted molar refractivity (Wildman–Crippen MR) is 84.7 cm³/mol. The van der Waals surface area contributed by atoms with Crippen LogP contribution >= 0.6 is 0 Å². The van der Waals surface area contributed by atoms with Gasteiger partial charge >= 0.3 is 0 Å². The Morgan fingerprint density at radius 3 is 2.19 bits per heavy atom. The molecule has 0 aromatic carbocycles.